The van der Waals surface area contributed by atoms with Crippen molar-refractivity contribution < 1.29 is 14.3 Å². The Hall–Kier alpha value is -4.60. The Balaban J connectivity index is 1.07. The van der Waals surface area contributed by atoms with Gasteiger partial charge in [0, 0.05) is 35.5 Å². The third kappa shape index (κ3) is 7.33. The molecule has 0 atom stereocenters. The van der Waals surface area contributed by atoms with Gasteiger partial charge in [0.25, 0.3) is 0 Å². The number of carbonyl (C=O) groups excluding carboxylic acids is 1. The van der Waals surface area contributed by atoms with Crippen molar-refractivity contribution in [3.8, 4) is 11.8 Å². The van der Waals surface area contributed by atoms with Crippen LogP contribution in [-0.2, 0) is 20.7 Å². The van der Waals surface area contributed by atoms with E-state index in [0.29, 0.717) is 45.9 Å². The minimum atomic E-state index is 0.0231. The van der Waals surface area contributed by atoms with Crippen LogP contribution in [0.3, 0.4) is 0 Å². The van der Waals surface area contributed by atoms with Crippen LogP contribution in [0.15, 0.2) is 84.0 Å². The van der Waals surface area contributed by atoms with Gasteiger partial charge in [-0.05, 0) is 74.5 Å². The van der Waals surface area contributed by atoms with Crippen LogP contribution in [0.1, 0.15) is 29.5 Å². The number of ether oxygens (including phenoxy) is 2. The molecule has 0 aliphatic heterocycles. The predicted octanol–water partition coefficient (Wildman–Crippen LogP) is 6.77. The van der Waals surface area contributed by atoms with E-state index in [9.17, 15) is 4.79 Å². The fourth-order valence-electron chi connectivity index (χ4n) is 5.01. The Kier molecular flexibility index (Phi) is 9.65. The summed E-state index contributed by atoms with van der Waals surface area (Å²) in [5.74, 6) is 6.76. The number of azide groups is 1. The quantitative estimate of drug-likeness (QED) is 0.0443. The number of rotatable bonds is 13. The van der Waals surface area contributed by atoms with Gasteiger partial charge < -0.3 is 14.8 Å². The molecule has 0 spiro atoms. The minimum Gasteiger partial charge on any atom is -0.379 e. The molecule has 1 amide bonds. The fraction of sp³-hybridized carbons (Fsp3) is 0.265. The maximum absolute atomic E-state index is 12.1. The lowest BCUT2D eigenvalue weighted by Crippen LogP contribution is -2.27. The van der Waals surface area contributed by atoms with Crippen molar-refractivity contribution in [3.05, 3.63) is 106 Å². The van der Waals surface area contributed by atoms with E-state index in [1.165, 1.54) is 37.9 Å². The predicted molar refractivity (Wildman–Crippen MR) is 164 cm³/mol. The Morgan fingerprint density at radius 2 is 1.51 bits per heavy atom. The molecule has 0 aromatic heterocycles. The molecule has 0 fully saturated rings. The molecule has 1 N–H and O–H groups in total. The van der Waals surface area contributed by atoms with Crippen LogP contribution >= 0.6 is 0 Å². The summed E-state index contributed by atoms with van der Waals surface area (Å²) in [6.07, 6.45) is 2.08. The third-order valence-corrected chi connectivity index (χ3v) is 7.03. The molecule has 5 aromatic rings. The van der Waals surface area contributed by atoms with Crippen molar-refractivity contribution in [2.45, 2.75) is 19.3 Å². The summed E-state index contributed by atoms with van der Waals surface area (Å²) in [4.78, 5) is 14.8. The Labute approximate surface area is 239 Å². The first-order valence-corrected chi connectivity index (χ1v) is 13.9. The van der Waals surface area contributed by atoms with Crippen molar-refractivity contribution in [1.82, 2.24) is 5.32 Å². The van der Waals surface area contributed by atoms with Crippen LogP contribution in [0.5, 0.6) is 0 Å². The van der Waals surface area contributed by atoms with E-state index in [0.717, 1.165) is 24.0 Å². The average molecular weight is 545 g/mol. The van der Waals surface area contributed by atoms with Crippen molar-refractivity contribution in [2.75, 3.05) is 39.5 Å². The summed E-state index contributed by atoms with van der Waals surface area (Å²) >= 11 is 0. The first-order chi connectivity index (χ1) is 20.2. The van der Waals surface area contributed by atoms with Crippen molar-refractivity contribution in [1.29, 1.82) is 0 Å². The standard InChI is InChI=1S/C34H32N4O3/c35-38-37-20-22-41-24-23-40-21-19-36-32(39)6-1-3-25-7-9-26(10-8-25)11-12-27-13-14-30-16-15-28-4-2-5-29-17-18-31(27)34(30)33(28)29/h2,4-5,7-10,13-18H,1,3,6,19-24H2,(H,36,39). The zero-order valence-corrected chi connectivity index (χ0v) is 22.9. The number of hydrogen-bond acceptors (Lipinski definition) is 4. The van der Waals surface area contributed by atoms with E-state index in [1.54, 1.807) is 0 Å². The highest BCUT2D eigenvalue weighted by atomic mass is 16.5. The van der Waals surface area contributed by atoms with Crippen LogP contribution in [0.4, 0.5) is 0 Å². The van der Waals surface area contributed by atoms with Gasteiger partial charge >= 0.3 is 0 Å². The summed E-state index contributed by atoms with van der Waals surface area (Å²) in [7, 11) is 0. The monoisotopic (exact) mass is 544 g/mol. The molecule has 0 saturated carbocycles. The van der Waals surface area contributed by atoms with E-state index in [1.807, 2.05) is 0 Å². The number of hydrogen-bond donors (Lipinski definition) is 1. The van der Waals surface area contributed by atoms with Gasteiger partial charge in [-0.1, -0.05) is 77.6 Å². The van der Waals surface area contributed by atoms with Gasteiger partial charge in [-0.25, -0.2) is 0 Å². The maximum Gasteiger partial charge on any atom is 0.220 e. The van der Waals surface area contributed by atoms with Crippen molar-refractivity contribution in [3.63, 3.8) is 0 Å². The molecule has 0 bridgehead atoms. The lowest BCUT2D eigenvalue weighted by molar-refractivity contribution is -0.121. The maximum atomic E-state index is 12.1. The number of aryl methyl sites for hydroxylation is 1. The molecule has 0 radical (unpaired) electrons. The highest BCUT2D eigenvalue weighted by Crippen LogP contribution is 2.35. The number of nitrogens with zero attached hydrogens (tertiary/aromatic N) is 3. The molecule has 0 aliphatic rings. The van der Waals surface area contributed by atoms with Gasteiger partial charge in [-0.15, -0.1) is 0 Å². The molecule has 7 heteroatoms. The molecular weight excluding hydrogens is 512 g/mol. The van der Waals surface area contributed by atoms with Crippen LogP contribution < -0.4 is 5.32 Å². The second-order valence-electron chi connectivity index (χ2n) is 9.80. The van der Waals surface area contributed by atoms with E-state index in [4.69, 9.17) is 15.0 Å². The minimum absolute atomic E-state index is 0.0231. The summed E-state index contributed by atoms with van der Waals surface area (Å²) in [6, 6.07) is 27.8. The van der Waals surface area contributed by atoms with Crippen molar-refractivity contribution in [2.24, 2.45) is 5.11 Å². The Bertz CT molecular complexity index is 1710. The number of nitrogens with one attached hydrogen (secondary N) is 1. The lowest BCUT2D eigenvalue weighted by Gasteiger charge is -2.11. The molecule has 5 rings (SSSR count). The number of amides is 1. The zero-order valence-electron chi connectivity index (χ0n) is 22.9. The lowest BCUT2D eigenvalue weighted by atomic mass is 9.92. The van der Waals surface area contributed by atoms with Gasteiger partial charge in [0.2, 0.25) is 5.91 Å². The first kappa shape index (κ1) is 27.9. The first-order valence-electron chi connectivity index (χ1n) is 13.9. The summed E-state index contributed by atoms with van der Waals surface area (Å²) in [6.45, 7) is 2.46. The molecule has 0 unspecified atom stereocenters. The number of carbonyl (C=O) groups is 1. The molecule has 206 valence electrons. The molecule has 0 heterocycles. The smallest absolute Gasteiger partial charge is 0.220 e. The number of benzene rings is 5. The van der Waals surface area contributed by atoms with E-state index in [-0.39, 0.29) is 5.91 Å². The topological polar surface area (TPSA) is 96.3 Å². The molecule has 0 saturated heterocycles. The van der Waals surface area contributed by atoms with Gasteiger partial charge in [0.15, 0.2) is 0 Å². The van der Waals surface area contributed by atoms with E-state index in [2.05, 4.69) is 106 Å². The highest BCUT2D eigenvalue weighted by Gasteiger charge is 2.09. The summed E-state index contributed by atoms with van der Waals surface area (Å²) in [5.41, 5.74) is 11.4. The SMILES string of the molecule is [N-]=[N+]=NCCOCCOCCNC(=O)CCCc1ccc(C#Cc2ccc3ccc4cccc5ccc2c3c45)cc1. The van der Waals surface area contributed by atoms with Crippen LogP contribution in [0.25, 0.3) is 42.8 Å². The average Bonchev–Trinajstić information content (AvgIpc) is 3.00. The second kappa shape index (κ2) is 14.2. The van der Waals surface area contributed by atoms with Gasteiger partial charge in [-0.3, -0.25) is 4.79 Å². The molecule has 7 nitrogen and oxygen atoms in total. The highest BCUT2D eigenvalue weighted by molar-refractivity contribution is 6.23. The third-order valence-electron chi connectivity index (χ3n) is 7.03. The summed E-state index contributed by atoms with van der Waals surface area (Å²) < 4.78 is 10.7. The molecule has 0 aliphatic carbocycles. The van der Waals surface area contributed by atoms with Gasteiger partial charge in [-0.2, -0.15) is 0 Å². The van der Waals surface area contributed by atoms with E-state index >= 15 is 0 Å². The normalized spacial score (nSPS) is 10.9. The Morgan fingerprint density at radius 3 is 2.29 bits per heavy atom. The fourth-order valence-corrected chi connectivity index (χ4v) is 5.01. The van der Waals surface area contributed by atoms with Gasteiger partial charge in [0.1, 0.15) is 0 Å². The van der Waals surface area contributed by atoms with E-state index < -0.39 is 0 Å². The molecule has 5 aromatic carbocycles. The second-order valence-corrected chi connectivity index (χ2v) is 9.80. The zero-order chi connectivity index (χ0) is 28.3. The Morgan fingerprint density at radius 1 is 0.805 bits per heavy atom. The largest absolute Gasteiger partial charge is 0.379 e. The molecule has 41 heavy (non-hydrogen) atoms. The van der Waals surface area contributed by atoms with Crippen LogP contribution in [0, 0.1) is 11.8 Å². The summed E-state index contributed by atoms with van der Waals surface area (Å²) in [5, 5.41) is 13.8. The van der Waals surface area contributed by atoms with Crippen LogP contribution in [0.2, 0.25) is 0 Å². The van der Waals surface area contributed by atoms with Crippen LogP contribution in [-0.4, -0.2) is 45.4 Å². The molecular formula is C34H32N4O3. The van der Waals surface area contributed by atoms with Crippen molar-refractivity contribution >= 4 is 38.2 Å². The van der Waals surface area contributed by atoms with Gasteiger partial charge in [0.05, 0.1) is 26.4 Å².